The van der Waals surface area contributed by atoms with E-state index in [1.54, 1.807) is 0 Å². The van der Waals surface area contributed by atoms with Gasteiger partial charge in [0.2, 0.25) is 0 Å². The van der Waals surface area contributed by atoms with Crippen molar-refractivity contribution >= 4 is 23.2 Å². The normalized spacial score (nSPS) is 21.1. The molecule has 1 saturated carbocycles. The molecule has 0 aliphatic heterocycles. The zero-order chi connectivity index (χ0) is 12.2. The highest BCUT2D eigenvalue weighted by Gasteiger charge is 2.49. The number of hydrogen-bond donors (Lipinski definition) is 1. The number of rotatable bonds is 4. The largest absolute Gasteiger partial charge is 0.489 e. The van der Waals surface area contributed by atoms with E-state index < -0.39 is 11.4 Å². The van der Waals surface area contributed by atoms with Gasteiger partial charge in [-0.2, -0.15) is 0 Å². The average Bonchev–Trinajstić information content (AvgIpc) is 2.31. The second-order valence-corrected chi connectivity index (χ2v) is 4.83. The predicted octanol–water partition coefficient (Wildman–Crippen LogP) is 3.02. The average molecular weight is 244 g/mol. The van der Waals surface area contributed by atoms with Crippen molar-refractivity contribution in [3.8, 4) is 0 Å². The van der Waals surface area contributed by atoms with Crippen molar-refractivity contribution < 1.29 is 14.6 Å². The Morgan fingerprint density at radius 3 is 2.38 bits per heavy atom. The van der Waals surface area contributed by atoms with Gasteiger partial charge in [-0.1, -0.05) is 26.2 Å². The maximum Gasteiger partial charge on any atom is 0.318 e. The van der Waals surface area contributed by atoms with E-state index in [-0.39, 0.29) is 11.0 Å². The zero-order valence-corrected chi connectivity index (χ0v) is 10.8. The Hall–Kier alpha value is -0.640. The third-order valence-electron chi connectivity index (χ3n) is 3.79. The Kier molecular flexibility index (Phi) is 4.71. The van der Waals surface area contributed by atoms with Gasteiger partial charge in [0, 0.05) is 0 Å². The molecule has 1 unspecified atom stereocenters. The van der Waals surface area contributed by atoms with Crippen LogP contribution in [0.2, 0.25) is 0 Å². The number of hydrogen-bond acceptors (Lipinski definition) is 3. The molecular weight excluding hydrogens is 224 g/mol. The maximum atomic E-state index is 11.6. The first kappa shape index (κ1) is 13.4. The lowest BCUT2D eigenvalue weighted by atomic mass is 9.67. The van der Waals surface area contributed by atoms with Crippen LogP contribution in [0.4, 0.5) is 0 Å². The van der Waals surface area contributed by atoms with E-state index in [1.165, 1.54) is 13.5 Å². The van der Waals surface area contributed by atoms with E-state index >= 15 is 0 Å². The van der Waals surface area contributed by atoms with Crippen molar-refractivity contribution in [3.63, 3.8) is 0 Å². The van der Waals surface area contributed by atoms with Crippen molar-refractivity contribution in [1.29, 1.82) is 0 Å². The minimum absolute atomic E-state index is 0.135. The highest BCUT2D eigenvalue weighted by Crippen LogP contribution is 2.43. The summed E-state index contributed by atoms with van der Waals surface area (Å²) in [5.74, 6) is -0.690. The van der Waals surface area contributed by atoms with Crippen LogP contribution in [0.3, 0.4) is 0 Å². The van der Waals surface area contributed by atoms with E-state index in [1.807, 2.05) is 6.92 Å². The summed E-state index contributed by atoms with van der Waals surface area (Å²) in [6.07, 6.45) is 5.82. The Bertz CT molecular complexity index is 271. The monoisotopic (exact) mass is 244 g/mol. The lowest BCUT2D eigenvalue weighted by Crippen LogP contribution is -2.46. The van der Waals surface area contributed by atoms with E-state index in [2.05, 4.69) is 0 Å². The van der Waals surface area contributed by atoms with Gasteiger partial charge in [-0.3, -0.25) is 4.79 Å². The summed E-state index contributed by atoms with van der Waals surface area (Å²) < 4.78 is 5.07. The van der Waals surface area contributed by atoms with Crippen molar-refractivity contribution in [3.05, 3.63) is 0 Å². The molecular formula is C12H20O3S. The van der Waals surface area contributed by atoms with Crippen LogP contribution in [0, 0.1) is 11.3 Å². The lowest BCUT2D eigenvalue weighted by molar-refractivity contribution is -0.149. The molecule has 1 aliphatic carbocycles. The summed E-state index contributed by atoms with van der Waals surface area (Å²) in [6, 6.07) is 0. The predicted molar refractivity (Wildman–Crippen MR) is 66.5 cm³/mol. The van der Waals surface area contributed by atoms with Crippen molar-refractivity contribution in [2.75, 3.05) is 7.11 Å². The second kappa shape index (κ2) is 5.62. The third kappa shape index (κ3) is 2.21. The van der Waals surface area contributed by atoms with Gasteiger partial charge in [-0.15, -0.1) is 0 Å². The number of carboxylic acid groups (broad SMARTS) is 1. The molecule has 0 heterocycles. The van der Waals surface area contributed by atoms with E-state index in [0.717, 1.165) is 25.7 Å². The molecule has 16 heavy (non-hydrogen) atoms. The molecule has 4 heteroatoms. The SMILES string of the molecule is CCC(C(=O)O)(C(=S)OC)C1CCCCC1. The summed E-state index contributed by atoms with van der Waals surface area (Å²) in [4.78, 5) is 11.6. The molecule has 0 aromatic rings. The zero-order valence-electron chi connectivity index (χ0n) is 9.99. The van der Waals surface area contributed by atoms with Crippen molar-refractivity contribution in [1.82, 2.24) is 0 Å². The van der Waals surface area contributed by atoms with Crippen LogP contribution in [0.15, 0.2) is 0 Å². The molecule has 1 N–H and O–H groups in total. The Morgan fingerprint density at radius 1 is 1.44 bits per heavy atom. The van der Waals surface area contributed by atoms with Crippen LogP contribution >= 0.6 is 12.2 Å². The van der Waals surface area contributed by atoms with Crippen LogP contribution in [-0.4, -0.2) is 23.2 Å². The van der Waals surface area contributed by atoms with Gasteiger partial charge >= 0.3 is 5.97 Å². The molecule has 0 bridgehead atoms. The summed E-state index contributed by atoms with van der Waals surface area (Å²) in [7, 11) is 1.47. The summed E-state index contributed by atoms with van der Waals surface area (Å²) in [6.45, 7) is 1.88. The smallest absolute Gasteiger partial charge is 0.318 e. The fourth-order valence-electron chi connectivity index (χ4n) is 2.79. The topological polar surface area (TPSA) is 46.5 Å². The Morgan fingerprint density at radius 2 is 2.00 bits per heavy atom. The number of aliphatic carboxylic acids is 1. The molecule has 0 saturated heterocycles. The number of ether oxygens (including phenoxy) is 1. The molecule has 92 valence electrons. The molecule has 0 aromatic heterocycles. The second-order valence-electron chi connectivity index (χ2n) is 4.46. The lowest BCUT2D eigenvalue weighted by Gasteiger charge is -2.38. The van der Waals surface area contributed by atoms with Gasteiger partial charge in [-0.25, -0.2) is 0 Å². The summed E-state index contributed by atoms with van der Waals surface area (Å²) in [5.41, 5.74) is -0.954. The van der Waals surface area contributed by atoms with Gasteiger partial charge < -0.3 is 9.84 Å². The molecule has 0 radical (unpaired) electrons. The molecule has 0 aromatic carbocycles. The van der Waals surface area contributed by atoms with Crippen LogP contribution in [0.1, 0.15) is 45.4 Å². The Balaban J connectivity index is 3.00. The molecule has 1 aliphatic rings. The van der Waals surface area contributed by atoms with Gasteiger partial charge in [0.1, 0.15) is 5.41 Å². The first-order chi connectivity index (χ1) is 7.59. The molecule has 0 spiro atoms. The number of thiocarbonyl (C=S) groups is 1. The van der Waals surface area contributed by atoms with Crippen LogP contribution < -0.4 is 0 Å². The standard InChI is InChI=1S/C12H20O3S/c1-3-12(10(13)14,11(16)15-2)9-7-5-4-6-8-9/h9H,3-8H2,1-2H3,(H,13,14). The van der Waals surface area contributed by atoms with E-state index in [0.29, 0.717) is 6.42 Å². The molecule has 1 atom stereocenters. The number of carboxylic acids is 1. The summed E-state index contributed by atoms with van der Waals surface area (Å²) >= 11 is 5.14. The Labute approximate surface area is 102 Å². The quantitative estimate of drug-likeness (QED) is 0.772. The van der Waals surface area contributed by atoms with Crippen molar-refractivity contribution in [2.24, 2.45) is 11.3 Å². The number of carbonyl (C=O) groups is 1. The fraction of sp³-hybridized carbons (Fsp3) is 0.833. The molecule has 0 amide bonds. The first-order valence-corrected chi connectivity index (χ1v) is 6.32. The highest BCUT2D eigenvalue weighted by molar-refractivity contribution is 7.80. The van der Waals surface area contributed by atoms with Gasteiger partial charge in [0.25, 0.3) is 0 Å². The maximum absolute atomic E-state index is 11.6. The first-order valence-electron chi connectivity index (χ1n) is 5.91. The molecule has 1 fully saturated rings. The third-order valence-corrected chi connectivity index (χ3v) is 4.32. The minimum Gasteiger partial charge on any atom is -0.489 e. The van der Waals surface area contributed by atoms with E-state index in [4.69, 9.17) is 17.0 Å². The number of methoxy groups -OCH3 is 1. The molecule has 1 rings (SSSR count). The van der Waals surface area contributed by atoms with Gasteiger partial charge in [-0.05, 0) is 37.4 Å². The van der Waals surface area contributed by atoms with Crippen LogP contribution in [0.5, 0.6) is 0 Å². The van der Waals surface area contributed by atoms with Crippen molar-refractivity contribution in [2.45, 2.75) is 45.4 Å². The van der Waals surface area contributed by atoms with E-state index in [9.17, 15) is 9.90 Å². The van der Waals surface area contributed by atoms with Gasteiger partial charge in [0.05, 0.1) is 7.11 Å². The van der Waals surface area contributed by atoms with Gasteiger partial charge in [0.15, 0.2) is 5.05 Å². The van der Waals surface area contributed by atoms with Crippen LogP contribution in [-0.2, 0) is 9.53 Å². The highest BCUT2D eigenvalue weighted by atomic mass is 32.1. The summed E-state index contributed by atoms with van der Waals surface area (Å²) in [5, 5.41) is 9.75. The molecule has 3 nitrogen and oxygen atoms in total. The fourth-order valence-corrected chi connectivity index (χ4v) is 3.19. The minimum atomic E-state index is -0.954. The van der Waals surface area contributed by atoms with Crippen LogP contribution in [0.25, 0.3) is 0 Å².